The fourth-order valence-corrected chi connectivity index (χ4v) is 2.18. The number of benzene rings is 1. The van der Waals surface area contributed by atoms with E-state index < -0.39 is 30.1 Å². The highest BCUT2D eigenvalue weighted by Crippen LogP contribution is 2.15. The Morgan fingerprint density at radius 3 is 2.17 bits per heavy atom. The van der Waals surface area contributed by atoms with E-state index in [1.165, 1.54) is 7.05 Å². The lowest BCUT2D eigenvalue weighted by Crippen LogP contribution is -2.47. The Morgan fingerprint density at radius 2 is 1.65 bits per heavy atom. The molecule has 0 bridgehead atoms. The number of hydrogen-bond donors (Lipinski definition) is 3. The summed E-state index contributed by atoms with van der Waals surface area (Å²) in [6, 6.07) is 4.56. The summed E-state index contributed by atoms with van der Waals surface area (Å²) < 4.78 is 0. The van der Waals surface area contributed by atoms with E-state index in [9.17, 15) is 24.3 Å². The maximum Gasteiger partial charge on any atom is 0.336 e. The van der Waals surface area contributed by atoms with Gasteiger partial charge in [0.1, 0.15) is 0 Å². The molecule has 1 atom stereocenters. The van der Waals surface area contributed by atoms with E-state index in [1.807, 2.05) is 0 Å². The number of urea groups is 3. The van der Waals surface area contributed by atoms with E-state index in [-0.39, 0.29) is 13.1 Å². The number of carboxylic acid groups (broad SMARTS) is 1. The zero-order valence-electron chi connectivity index (χ0n) is 12.4. The molecule has 0 aromatic heterocycles. The summed E-state index contributed by atoms with van der Waals surface area (Å²) in [6.45, 7) is 0.0498. The average Bonchev–Trinajstić information content (AvgIpc) is 2.94. The van der Waals surface area contributed by atoms with Crippen molar-refractivity contribution >= 4 is 24.1 Å². The third kappa shape index (κ3) is 3.39. The van der Waals surface area contributed by atoms with Crippen LogP contribution in [0.5, 0.6) is 0 Å². The first-order chi connectivity index (χ1) is 11.0. The van der Waals surface area contributed by atoms with Gasteiger partial charge in [0.2, 0.25) is 0 Å². The van der Waals surface area contributed by atoms with Crippen LogP contribution in [0.4, 0.5) is 14.4 Å². The molecule has 1 aliphatic heterocycles. The number of imide groups is 2. The van der Waals surface area contributed by atoms with Gasteiger partial charge >= 0.3 is 24.1 Å². The van der Waals surface area contributed by atoms with Gasteiger partial charge in [0.25, 0.3) is 0 Å². The van der Waals surface area contributed by atoms with Gasteiger partial charge in [0.15, 0.2) is 6.04 Å². The summed E-state index contributed by atoms with van der Waals surface area (Å²) in [5.41, 5.74) is 0.378. The van der Waals surface area contributed by atoms with Crippen LogP contribution in [0, 0.1) is 0 Å². The molecule has 0 spiro atoms. The molecular formula is C14H16N4O5. The van der Waals surface area contributed by atoms with Crippen molar-refractivity contribution in [2.24, 2.45) is 0 Å². The Kier molecular flexibility index (Phi) is 4.79. The molecule has 23 heavy (non-hydrogen) atoms. The van der Waals surface area contributed by atoms with Gasteiger partial charge < -0.3 is 15.7 Å². The SMILES string of the molecule is CNC(=O)N1CCN(C(=O)NC(C(=O)O)c2ccccc2)C1=O. The summed E-state index contributed by atoms with van der Waals surface area (Å²) in [7, 11) is 1.37. The lowest BCUT2D eigenvalue weighted by atomic mass is 10.1. The Hall–Kier alpha value is -3.10. The van der Waals surface area contributed by atoms with Crippen molar-refractivity contribution in [1.82, 2.24) is 20.4 Å². The van der Waals surface area contributed by atoms with Gasteiger partial charge in [0, 0.05) is 7.05 Å². The van der Waals surface area contributed by atoms with Crippen molar-refractivity contribution in [2.45, 2.75) is 6.04 Å². The summed E-state index contributed by atoms with van der Waals surface area (Å²) in [6.07, 6.45) is 0. The molecular weight excluding hydrogens is 304 g/mol. The molecule has 1 fully saturated rings. The highest BCUT2D eigenvalue weighted by molar-refractivity contribution is 6.03. The number of amides is 6. The highest BCUT2D eigenvalue weighted by Gasteiger charge is 2.38. The zero-order chi connectivity index (χ0) is 17.0. The standard InChI is InChI=1S/C14H16N4O5/c1-15-12(21)17-7-8-18(14(17)23)13(22)16-10(11(19)20)9-5-3-2-4-6-9/h2-6,10H,7-8H2,1H3,(H,15,21)(H,16,22)(H,19,20). The molecule has 0 aliphatic carbocycles. The van der Waals surface area contributed by atoms with Crippen molar-refractivity contribution in [3.8, 4) is 0 Å². The Morgan fingerprint density at radius 1 is 1.09 bits per heavy atom. The van der Waals surface area contributed by atoms with Crippen molar-refractivity contribution in [3.05, 3.63) is 35.9 Å². The van der Waals surface area contributed by atoms with Crippen LogP contribution in [0.3, 0.4) is 0 Å². The second kappa shape index (κ2) is 6.77. The molecule has 1 aromatic rings. The molecule has 9 heteroatoms. The first kappa shape index (κ1) is 16.3. The average molecular weight is 320 g/mol. The fraction of sp³-hybridized carbons (Fsp3) is 0.286. The van der Waals surface area contributed by atoms with E-state index in [0.29, 0.717) is 5.56 Å². The van der Waals surface area contributed by atoms with Crippen molar-refractivity contribution in [3.63, 3.8) is 0 Å². The molecule has 9 nitrogen and oxygen atoms in total. The number of rotatable bonds is 3. The van der Waals surface area contributed by atoms with Crippen LogP contribution < -0.4 is 10.6 Å². The molecule has 0 radical (unpaired) electrons. The number of nitrogens with one attached hydrogen (secondary N) is 2. The van der Waals surface area contributed by atoms with Gasteiger partial charge in [-0.05, 0) is 5.56 Å². The molecule has 0 saturated carbocycles. The molecule has 1 saturated heterocycles. The Labute approximate surface area is 131 Å². The normalized spacial score (nSPS) is 15.3. The van der Waals surface area contributed by atoms with Crippen LogP contribution in [-0.2, 0) is 4.79 Å². The summed E-state index contributed by atoms with van der Waals surface area (Å²) in [4.78, 5) is 48.7. The largest absolute Gasteiger partial charge is 0.479 e. The maximum atomic E-state index is 12.2. The van der Waals surface area contributed by atoms with E-state index in [4.69, 9.17) is 0 Å². The number of aliphatic carboxylic acids is 1. The molecule has 3 N–H and O–H groups in total. The zero-order valence-corrected chi connectivity index (χ0v) is 12.4. The lowest BCUT2D eigenvalue weighted by molar-refractivity contribution is -0.139. The molecule has 1 aromatic carbocycles. The van der Waals surface area contributed by atoms with Gasteiger partial charge in [0.05, 0.1) is 13.1 Å². The van der Waals surface area contributed by atoms with Crippen LogP contribution in [0.1, 0.15) is 11.6 Å². The topological polar surface area (TPSA) is 119 Å². The number of carbonyl (C=O) groups excluding carboxylic acids is 3. The first-order valence-corrected chi connectivity index (χ1v) is 6.84. The van der Waals surface area contributed by atoms with Gasteiger partial charge in [-0.25, -0.2) is 29.0 Å². The van der Waals surface area contributed by atoms with Crippen LogP contribution in [0.25, 0.3) is 0 Å². The number of nitrogens with zero attached hydrogens (tertiary/aromatic N) is 2. The van der Waals surface area contributed by atoms with Crippen molar-refractivity contribution in [2.75, 3.05) is 20.1 Å². The second-order valence-corrected chi connectivity index (χ2v) is 4.77. The first-order valence-electron chi connectivity index (χ1n) is 6.84. The van der Waals surface area contributed by atoms with Crippen LogP contribution in [0.2, 0.25) is 0 Å². The number of carboxylic acids is 1. The fourth-order valence-electron chi connectivity index (χ4n) is 2.18. The van der Waals surface area contributed by atoms with Crippen LogP contribution >= 0.6 is 0 Å². The minimum atomic E-state index is -1.29. The Bertz CT molecular complexity index is 633. The maximum absolute atomic E-state index is 12.2. The second-order valence-electron chi connectivity index (χ2n) is 4.77. The summed E-state index contributed by atoms with van der Waals surface area (Å²) in [5.74, 6) is -1.25. The predicted octanol–water partition coefficient (Wildman–Crippen LogP) is 0.599. The third-order valence-corrected chi connectivity index (χ3v) is 3.36. The predicted molar refractivity (Wildman–Crippen MR) is 78.6 cm³/mol. The highest BCUT2D eigenvalue weighted by atomic mass is 16.4. The molecule has 1 unspecified atom stereocenters. The van der Waals surface area contributed by atoms with Crippen molar-refractivity contribution < 1.29 is 24.3 Å². The molecule has 122 valence electrons. The van der Waals surface area contributed by atoms with E-state index in [1.54, 1.807) is 30.3 Å². The quantitative estimate of drug-likeness (QED) is 0.753. The molecule has 2 rings (SSSR count). The van der Waals surface area contributed by atoms with Gasteiger partial charge in [-0.3, -0.25) is 0 Å². The van der Waals surface area contributed by atoms with Gasteiger partial charge in [-0.15, -0.1) is 0 Å². The minimum Gasteiger partial charge on any atom is -0.479 e. The Balaban J connectivity index is 2.10. The third-order valence-electron chi connectivity index (χ3n) is 3.36. The van der Waals surface area contributed by atoms with Crippen LogP contribution in [0.15, 0.2) is 30.3 Å². The summed E-state index contributed by atoms with van der Waals surface area (Å²) in [5, 5.41) is 13.9. The van der Waals surface area contributed by atoms with Gasteiger partial charge in [-0.1, -0.05) is 30.3 Å². The molecule has 1 heterocycles. The minimum absolute atomic E-state index is 0.000778. The number of carbonyl (C=O) groups is 4. The molecule has 6 amide bonds. The number of hydrogen-bond acceptors (Lipinski definition) is 4. The van der Waals surface area contributed by atoms with E-state index in [2.05, 4.69) is 10.6 Å². The van der Waals surface area contributed by atoms with E-state index in [0.717, 1.165) is 9.80 Å². The van der Waals surface area contributed by atoms with E-state index >= 15 is 0 Å². The van der Waals surface area contributed by atoms with Crippen molar-refractivity contribution in [1.29, 1.82) is 0 Å². The van der Waals surface area contributed by atoms with Gasteiger partial charge in [-0.2, -0.15) is 0 Å². The van der Waals surface area contributed by atoms with Crippen LogP contribution in [-0.4, -0.2) is 59.1 Å². The monoisotopic (exact) mass is 320 g/mol. The molecule has 1 aliphatic rings. The summed E-state index contributed by atoms with van der Waals surface area (Å²) >= 11 is 0. The lowest BCUT2D eigenvalue weighted by Gasteiger charge is -2.20. The smallest absolute Gasteiger partial charge is 0.336 e.